The second-order valence-corrected chi connectivity index (χ2v) is 9.69. The molecular weight excluding hydrogens is 498 g/mol. The molecule has 9 nitrogen and oxygen atoms in total. The Bertz CT molecular complexity index is 1610. The molecule has 1 amide bonds. The normalized spacial score (nSPS) is 13.8. The van der Waals surface area contributed by atoms with E-state index < -0.39 is 11.4 Å². The van der Waals surface area contributed by atoms with Crippen LogP contribution in [0.4, 0.5) is 0 Å². The van der Waals surface area contributed by atoms with Crippen molar-refractivity contribution in [2.45, 2.75) is 39.3 Å². The number of aryl methyl sites for hydroxylation is 1. The minimum atomic E-state index is -0.784. The number of carbonyl (C=O) groups excluding carboxylic acids is 2. The number of rotatable bonds is 7. The Hall–Kier alpha value is -4.66. The van der Waals surface area contributed by atoms with Crippen LogP contribution in [0.3, 0.4) is 0 Å². The van der Waals surface area contributed by atoms with E-state index in [0.717, 1.165) is 39.0 Å². The van der Waals surface area contributed by atoms with Crippen LogP contribution in [-0.4, -0.2) is 39.4 Å². The fraction of sp³-hybridized carbons (Fsp3) is 0.267. The van der Waals surface area contributed by atoms with E-state index in [1.54, 1.807) is 29.2 Å². The highest BCUT2D eigenvalue weighted by atomic mass is 16.5. The average Bonchev–Trinajstić information content (AvgIpc) is 3.10. The lowest BCUT2D eigenvalue weighted by molar-refractivity contribution is -0.118. The average molecular weight is 528 g/mol. The highest BCUT2D eigenvalue weighted by molar-refractivity contribution is 5.95. The number of nitrogens with one attached hydrogen (secondary N) is 1. The molecule has 0 radical (unpaired) electrons. The largest absolute Gasteiger partial charge is 0.489 e. The lowest BCUT2D eigenvalue weighted by Crippen LogP contribution is -2.32. The van der Waals surface area contributed by atoms with Crippen molar-refractivity contribution in [2.24, 2.45) is 0 Å². The number of aromatic amines is 1. The van der Waals surface area contributed by atoms with Gasteiger partial charge in [-0.2, -0.15) is 0 Å². The number of likely N-dealkylation sites (tertiary alicyclic amines) is 1. The Morgan fingerprint density at radius 3 is 2.51 bits per heavy atom. The van der Waals surface area contributed by atoms with Crippen molar-refractivity contribution >= 4 is 11.7 Å². The minimum absolute atomic E-state index is 0.0303. The molecule has 0 bridgehead atoms. The molecule has 1 aliphatic rings. The lowest BCUT2D eigenvalue weighted by atomic mass is 9.97. The number of hydrogen-bond donors (Lipinski definition) is 1. The molecule has 1 N–H and O–H groups in total. The number of amides is 1. The Kier molecular flexibility index (Phi) is 7.58. The van der Waals surface area contributed by atoms with Gasteiger partial charge >= 0.3 is 11.4 Å². The Morgan fingerprint density at radius 2 is 1.77 bits per heavy atom. The van der Waals surface area contributed by atoms with Crippen molar-refractivity contribution in [3.8, 4) is 16.9 Å². The first-order valence-electron chi connectivity index (χ1n) is 12.9. The first-order valence-corrected chi connectivity index (χ1v) is 12.9. The van der Waals surface area contributed by atoms with Crippen molar-refractivity contribution in [3.05, 3.63) is 110 Å². The predicted molar refractivity (Wildman–Crippen MR) is 145 cm³/mol. The topological polar surface area (TPSA) is 115 Å². The van der Waals surface area contributed by atoms with Crippen LogP contribution in [0.2, 0.25) is 0 Å². The molecule has 3 aromatic carbocycles. The molecule has 5 rings (SSSR count). The van der Waals surface area contributed by atoms with E-state index in [-0.39, 0.29) is 18.2 Å². The molecule has 1 aromatic heterocycles. The summed E-state index contributed by atoms with van der Waals surface area (Å²) in [7, 11) is 0. The van der Waals surface area contributed by atoms with Crippen LogP contribution in [0.25, 0.3) is 11.1 Å². The second-order valence-electron chi connectivity index (χ2n) is 9.69. The molecule has 0 aliphatic carbocycles. The zero-order valence-corrected chi connectivity index (χ0v) is 21.6. The van der Waals surface area contributed by atoms with Crippen molar-refractivity contribution in [2.75, 3.05) is 13.1 Å². The summed E-state index contributed by atoms with van der Waals surface area (Å²) in [6.07, 6.45) is 1.69. The molecule has 0 unspecified atom stereocenters. The fourth-order valence-electron chi connectivity index (χ4n) is 4.74. The van der Waals surface area contributed by atoms with Gasteiger partial charge in [0.1, 0.15) is 18.1 Å². The molecule has 39 heavy (non-hydrogen) atoms. The summed E-state index contributed by atoms with van der Waals surface area (Å²) in [4.78, 5) is 51.3. The number of hydrogen-bond acceptors (Lipinski definition) is 6. The molecule has 0 atom stereocenters. The number of carbonyl (C=O) groups is 2. The summed E-state index contributed by atoms with van der Waals surface area (Å²) in [5, 5.41) is 0. The second kappa shape index (κ2) is 11.4. The number of H-pyrrole nitrogens is 1. The number of benzene rings is 3. The van der Waals surface area contributed by atoms with Gasteiger partial charge in [0.25, 0.3) is 5.91 Å². The van der Waals surface area contributed by atoms with Crippen LogP contribution in [0.5, 0.6) is 5.75 Å². The van der Waals surface area contributed by atoms with Crippen LogP contribution < -0.4 is 16.2 Å². The first kappa shape index (κ1) is 26.0. The third-order valence-corrected chi connectivity index (χ3v) is 6.83. The van der Waals surface area contributed by atoms with E-state index in [1.165, 1.54) is 0 Å². The van der Waals surface area contributed by atoms with Crippen LogP contribution in [0.15, 0.2) is 80.8 Å². The molecule has 1 fully saturated rings. The molecular formula is C30H29N3O6. The van der Waals surface area contributed by atoms with E-state index in [2.05, 4.69) is 11.1 Å². The molecule has 1 aliphatic heterocycles. The van der Waals surface area contributed by atoms with Gasteiger partial charge < -0.3 is 14.2 Å². The molecule has 200 valence electrons. The quantitative estimate of drug-likeness (QED) is 0.390. The zero-order valence-electron chi connectivity index (χ0n) is 21.6. The summed E-state index contributed by atoms with van der Waals surface area (Å²) in [6.45, 7) is 3.59. The maximum Gasteiger partial charge on any atom is 0.440 e. The molecule has 9 heteroatoms. The van der Waals surface area contributed by atoms with Gasteiger partial charge in [0.15, 0.2) is 0 Å². The molecule has 2 heterocycles. The van der Waals surface area contributed by atoms with E-state index in [1.807, 2.05) is 43.3 Å². The Morgan fingerprint density at radius 1 is 0.949 bits per heavy atom. The zero-order chi connectivity index (χ0) is 27.4. The van der Waals surface area contributed by atoms with E-state index in [4.69, 9.17) is 9.26 Å². The van der Waals surface area contributed by atoms with Crippen LogP contribution >= 0.6 is 0 Å². The number of ether oxygens (including phenoxy) is 1. The summed E-state index contributed by atoms with van der Waals surface area (Å²) in [5.74, 6) is 0.0754. The van der Waals surface area contributed by atoms with Crippen molar-refractivity contribution in [1.29, 1.82) is 0 Å². The first-order chi connectivity index (χ1) is 18.9. The van der Waals surface area contributed by atoms with Gasteiger partial charge in [-0.25, -0.2) is 14.6 Å². The van der Waals surface area contributed by atoms with E-state index >= 15 is 0 Å². The highest BCUT2D eigenvalue weighted by Gasteiger charge is 2.20. The van der Waals surface area contributed by atoms with Crippen LogP contribution in [0.1, 0.15) is 46.3 Å². The van der Waals surface area contributed by atoms with Gasteiger partial charge in [0, 0.05) is 31.5 Å². The van der Waals surface area contributed by atoms with Gasteiger partial charge in [-0.1, -0.05) is 36.4 Å². The van der Waals surface area contributed by atoms with Crippen molar-refractivity contribution in [1.82, 2.24) is 14.6 Å². The maximum atomic E-state index is 13.0. The van der Waals surface area contributed by atoms with Crippen molar-refractivity contribution < 1.29 is 18.8 Å². The van der Waals surface area contributed by atoms with Crippen LogP contribution in [0, 0.1) is 6.92 Å². The number of nitrogens with zero attached hydrogens (tertiary/aromatic N) is 2. The predicted octanol–water partition coefficient (Wildman–Crippen LogP) is 3.93. The SMILES string of the molecule is Cc1cc(C(=O)N2CCCC(=O)CC2)ccc1-c1cccc(COc2ccc(Cn3oc(=O)[nH]c3=O)cc2)c1. The summed E-state index contributed by atoms with van der Waals surface area (Å²) in [5.41, 5.74) is 4.89. The molecule has 4 aromatic rings. The minimum Gasteiger partial charge on any atom is -0.489 e. The highest BCUT2D eigenvalue weighted by Crippen LogP contribution is 2.26. The Balaban J connectivity index is 1.23. The maximum absolute atomic E-state index is 13.0. The summed E-state index contributed by atoms with van der Waals surface area (Å²) < 4.78 is 11.7. The smallest absolute Gasteiger partial charge is 0.440 e. The molecule has 0 spiro atoms. The van der Waals surface area contributed by atoms with Crippen LogP contribution in [-0.2, 0) is 17.9 Å². The fourth-order valence-corrected chi connectivity index (χ4v) is 4.74. The monoisotopic (exact) mass is 527 g/mol. The third kappa shape index (κ3) is 6.26. The summed E-state index contributed by atoms with van der Waals surface area (Å²) >= 11 is 0. The van der Waals surface area contributed by atoms with Crippen molar-refractivity contribution in [3.63, 3.8) is 0 Å². The van der Waals surface area contributed by atoms with E-state index in [9.17, 15) is 19.2 Å². The van der Waals surface area contributed by atoms with Gasteiger partial charge in [-0.05, 0) is 71.5 Å². The third-order valence-electron chi connectivity index (χ3n) is 6.83. The number of aromatic nitrogens is 2. The number of Topliss-reactive ketones (excluding diaryl/α,β-unsaturated/α-hetero) is 1. The molecule has 0 saturated carbocycles. The standard InChI is InChI=1S/C30H29N3O6/c1-20-16-24(28(35)32-14-3-6-25(34)13-15-32)9-12-27(20)23-5-2-4-22(17-23)19-38-26-10-7-21(8-11-26)18-33-29(36)31-30(37)39-33/h2,4-5,7-12,16-17H,3,6,13-15,18-19H2,1H3,(H,31,36,37). The van der Waals surface area contributed by atoms with Gasteiger partial charge in [0.05, 0.1) is 6.54 Å². The summed E-state index contributed by atoms with van der Waals surface area (Å²) in [6, 6.07) is 21.0. The lowest BCUT2D eigenvalue weighted by Gasteiger charge is -2.20. The molecule has 1 saturated heterocycles. The number of ketones is 1. The van der Waals surface area contributed by atoms with Gasteiger partial charge in [0.2, 0.25) is 0 Å². The Labute approximate surface area is 224 Å². The van der Waals surface area contributed by atoms with Gasteiger partial charge in [-0.3, -0.25) is 9.59 Å². The van der Waals surface area contributed by atoms with Gasteiger partial charge in [-0.15, -0.1) is 4.74 Å². The van der Waals surface area contributed by atoms with E-state index in [0.29, 0.717) is 43.9 Å².